The van der Waals surface area contributed by atoms with Crippen molar-refractivity contribution in [2.75, 3.05) is 5.75 Å². The molecule has 2 aliphatic carbocycles. The number of Topliss-reactive ketones (excluding diaryl/α,β-unsaturated/α-hetero) is 1. The van der Waals surface area contributed by atoms with Crippen molar-refractivity contribution < 1.29 is 4.79 Å². The fourth-order valence-electron chi connectivity index (χ4n) is 3.33. The van der Waals surface area contributed by atoms with Crippen LogP contribution < -0.4 is 0 Å². The van der Waals surface area contributed by atoms with E-state index in [4.69, 9.17) is 0 Å². The molecule has 2 fully saturated rings. The van der Waals surface area contributed by atoms with E-state index in [1.165, 1.54) is 57.8 Å². The van der Waals surface area contributed by atoms with Gasteiger partial charge >= 0.3 is 0 Å². The average molecular weight is 254 g/mol. The molecule has 2 atom stereocenters. The van der Waals surface area contributed by atoms with Crippen LogP contribution in [0.3, 0.4) is 0 Å². The highest BCUT2D eigenvalue weighted by Crippen LogP contribution is 2.34. The summed E-state index contributed by atoms with van der Waals surface area (Å²) < 4.78 is 0. The van der Waals surface area contributed by atoms with Crippen LogP contribution in [-0.4, -0.2) is 16.8 Å². The van der Waals surface area contributed by atoms with Gasteiger partial charge in [-0.15, -0.1) is 0 Å². The van der Waals surface area contributed by atoms with Gasteiger partial charge in [-0.3, -0.25) is 4.79 Å². The fraction of sp³-hybridized carbons (Fsp3) is 0.933. The number of thioether (sulfide) groups is 1. The summed E-state index contributed by atoms with van der Waals surface area (Å²) in [6, 6.07) is 0. The van der Waals surface area contributed by atoms with Gasteiger partial charge in [0.2, 0.25) is 0 Å². The minimum Gasteiger partial charge on any atom is -0.298 e. The lowest BCUT2D eigenvalue weighted by atomic mass is 9.78. The number of ketones is 1. The third-order valence-corrected chi connectivity index (χ3v) is 5.97. The van der Waals surface area contributed by atoms with E-state index < -0.39 is 0 Å². The van der Waals surface area contributed by atoms with Gasteiger partial charge < -0.3 is 0 Å². The van der Waals surface area contributed by atoms with E-state index in [1.807, 2.05) is 11.8 Å². The summed E-state index contributed by atoms with van der Waals surface area (Å²) in [6.45, 7) is 2.27. The quantitative estimate of drug-likeness (QED) is 0.721. The number of hydrogen-bond acceptors (Lipinski definition) is 2. The van der Waals surface area contributed by atoms with Crippen molar-refractivity contribution >= 4 is 17.5 Å². The van der Waals surface area contributed by atoms with Crippen molar-refractivity contribution in [3.63, 3.8) is 0 Å². The molecule has 0 aromatic heterocycles. The van der Waals surface area contributed by atoms with E-state index in [1.54, 1.807) is 0 Å². The molecule has 0 bridgehead atoms. The summed E-state index contributed by atoms with van der Waals surface area (Å²) in [5.74, 6) is 2.59. The molecule has 0 aliphatic heterocycles. The molecule has 17 heavy (non-hydrogen) atoms. The van der Waals surface area contributed by atoms with Crippen LogP contribution in [0.2, 0.25) is 0 Å². The maximum Gasteiger partial charge on any atom is 0.145 e. The fourth-order valence-corrected chi connectivity index (χ4v) is 4.63. The number of carbonyl (C=O) groups excluding carboxylic acids is 1. The summed E-state index contributed by atoms with van der Waals surface area (Å²) in [6.07, 6.45) is 11.7. The Hall–Kier alpha value is 0.0200. The molecule has 0 saturated heterocycles. The van der Waals surface area contributed by atoms with Gasteiger partial charge in [0.15, 0.2) is 0 Å². The molecule has 0 N–H and O–H groups in total. The molecule has 2 aliphatic rings. The van der Waals surface area contributed by atoms with Crippen molar-refractivity contribution in [3.8, 4) is 0 Å². The van der Waals surface area contributed by atoms with Crippen LogP contribution in [0.15, 0.2) is 0 Å². The van der Waals surface area contributed by atoms with Gasteiger partial charge in [0.1, 0.15) is 5.78 Å². The lowest BCUT2D eigenvalue weighted by molar-refractivity contribution is -0.121. The zero-order chi connectivity index (χ0) is 12.1. The van der Waals surface area contributed by atoms with E-state index in [0.29, 0.717) is 11.7 Å². The number of carbonyl (C=O) groups is 1. The second kappa shape index (κ2) is 6.82. The predicted octanol–water partition coefficient (Wildman–Crippen LogP) is 4.45. The van der Waals surface area contributed by atoms with Crippen LogP contribution in [0.1, 0.15) is 64.7 Å². The molecular formula is C15H26OS. The van der Waals surface area contributed by atoms with Gasteiger partial charge in [-0.25, -0.2) is 0 Å². The molecule has 0 aromatic rings. The maximum absolute atomic E-state index is 12.2. The van der Waals surface area contributed by atoms with Gasteiger partial charge in [0, 0.05) is 11.2 Å². The molecule has 0 spiro atoms. The monoisotopic (exact) mass is 254 g/mol. The first-order chi connectivity index (χ1) is 8.29. The van der Waals surface area contributed by atoms with Crippen molar-refractivity contribution in [2.24, 2.45) is 11.8 Å². The standard InChI is InChI=1S/C15H26OS/c1-2-12-6-5-7-13(10-12)15(16)11-17-14-8-3-4-9-14/h12-14H,2-11H2,1H3. The Morgan fingerprint density at radius 1 is 1.12 bits per heavy atom. The van der Waals surface area contributed by atoms with Gasteiger partial charge in [-0.1, -0.05) is 39.0 Å². The summed E-state index contributed by atoms with van der Waals surface area (Å²) in [4.78, 5) is 12.2. The molecule has 0 heterocycles. The van der Waals surface area contributed by atoms with Crippen LogP contribution in [-0.2, 0) is 4.79 Å². The van der Waals surface area contributed by atoms with Crippen LogP contribution in [0, 0.1) is 11.8 Å². The van der Waals surface area contributed by atoms with Crippen LogP contribution in [0.4, 0.5) is 0 Å². The lowest BCUT2D eigenvalue weighted by Crippen LogP contribution is -2.24. The zero-order valence-corrected chi connectivity index (χ0v) is 11.9. The maximum atomic E-state index is 12.2. The second-order valence-electron chi connectivity index (χ2n) is 5.82. The molecule has 0 aromatic carbocycles. The van der Waals surface area contributed by atoms with E-state index >= 15 is 0 Å². The molecule has 2 unspecified atom stereocenters. The lowest BCUT2D eigenvalue weighted by Gasteiger charge is -2.27. The van der Waals surface area contributed by atoms with Gasteiger partial charge in [0.25, 0.3) is 0 Å². The Labute approximate surface area is 110 Å². The van der Waals surface area contributed by atoms with E-state index in [0.717, 1.165) is 16.9 Å². The van der Waals surface area contributed by atoms with Crippen molar-refractivity contribution in [1.82, 2.24) is 0 Å². The zero-order valence-electron chi connectivity index (χ0n) is 11.1. The SMILES string of the molecule is CCC1CCCC(C(=O)CSC2CCCC2)C1. The summed E-state index contributed by atoms with van der Waals surface area (Å²) in [5.41, 5.74) is 0. The van der Waals surface area contributed by atoms with Crippen molar-refractivity contribution in [1.29, 1.82) is 0 Å². The molecule has 98 valence electrons. The van der Waals surface area contributed by atoms with Crippen LogP contribution in [0.5, 0.6) is 0 Å². The molecular weight excluding hydrogens is 228 g/mol. The smallest absolute Gasteiger partial charge is 0.145 e. The topological polar surface area (TPSA) is 17.1 Å². The summed E-state index contributed by atoms with van der Waals surface area (Å²) in [7, 11) is 0. The summed E-state index contributed by atoms with van der Waals surface area (Å²) in [5, 5.41) is 0.796. The normalized spacial score (nSPS) is 30.6. The third-order valence-electron chi connectivity index (χ3n) is 4.58. The Bertz CT molecular complexity index is 245. The van der Waals surface area contributed by atoms with Gasteiger partial charge in [-0.05, 0) is 31.6 Å². The number of rotatable bonds is 5. The van der Waals surface area contributed by atoms with Gasteiger partial charge in [-0.2, -0.15) is 11.8 Å². The molecule has 2 saturated carbocycles. The molecule has 0 radical (unpaired) electrons. The average Bonchev–Trinajstić information content (AvgIpc) is 2.89. The van der Waals surface area contributed by atoms with Crippen LogP contribution in [0.25, 0.3) is 0 Å². The molecule has 1 nitrogen and oxygen atoms in total. The predicted molar refractivity (Wildman–Crippen MR) is 75.5 cm³/mol. The summed E-state index contributed by atoms with van der Waals surface area (Å²) >= 11 is 1.95. The Morgan fingerprint density at radius 2 is 1.88 bits per heavy atom. The highest BCUT2D eigenvalue weighted by molar-refractivity contribution is 8.00. The molecule has 2 rings (SSSR count). The Kier molecular flexibility index (Phi) is 5.40. The molecule has 0 amide bonds. The van der Waals surface area contributed by atoms with E-state index in [9.17, 15) is 4.79 Å². The van der Waals surface area contributed by atoms with E-state index in [2.05, 4.69) is 6.92 Å². The first kappa shape index (κ1) is 13.5. The third kappa shape index (κ3) is 4.01. The highest BCUT2D eigenvalue weighted by Gasteiger charge is 2.27. The minimum absolute atomic E-state index is 0.405. The first-order valence-electron chi connectivity index (χ1n) is 7.44. The Balaban J connectivity index is 1.71. The van der Waals surface area contributed by atoms with E-state index in [-0.39, 0.29) is 0 Å². The Morgan fingerprint density at radius 3 is 2.59 bits per heavy atom. The van der Waals surface area contributed by atoms with Crippen molar-refractivity contribution in [2.45, 2.75) is 70.0 Å². The van der Waals surface area contributed by atoms with Gasteiger partial charge in [0.05, 0.1) is 5.75 Å². The second-order valence-corrected chi connectivity index (χ2v) is 7.11. The largest absolute Gasteiger partial charge is 0.298 e. The first-order valence-corrected chi connectivity index (χ1v) is 8.48. The highest BCUT2D eigenvalue weighted by atomic mass is 32.2. The van der Waals surface area contributed by atoms with Crippen molar-refractivity contribution in [3.05, 3.63) is 0 Å². The van der Waals surface area contributed by atoms with Crippen LogP contribution >= 0.6 is 11.8 Å². The molecule has 2 heteroatoms. The minimum atomic E-state index is 0.405. The number of hydrogen-bond donors (Lipinski definition) is 0.